The number of hydrogen-bond acceptors (Lipinski definition) is 5. The molecule has 1 atom stereocenters. The van der Waals surface area contributed by atoms with Crippen LogP contribution < -0.4 is 5.32 Å². The SMILES string of the molecule is N#Cc1cncnc1NC1CCOC1. The third-order valence-electron chi connectivity index (χ3n) is 2.10. The van der Waals surface area contributed by atoms with Gasteiger partial charge in [-0.3, -0.25) is 0 Å². The zero-order valence-electron chi connectivity index (χ0n) is 7.60. The largest absolute Gasteiger partial charge is 0.379 e. The molecule has 2 heterocycles. The maximum Gasteiger partial charge on any atom is 0.147 e. The van der Waals surface area contributed by atoms with Crippen molar-refractivity contribution in [3.63, 3.8) is 0 Å². The molecule has 1 aliphatic heterocycles. The molecule has 1 fully saturated rings. The van der Waals surface area contributed by atoms with Crippen molar-refractivity contribution >= 4 is 5.82 Å². The lowest BCUT2D eigenvalue weighted by molar-refractivity contribution is 0.195. The molecule has 5 nitrogen and oxygen atoms in total. The van der Waals surface area contributed by atoms with Crippen LogP contribution >= 0.6 is 0 Å². The first-order valence-electron chi connectivity index (χ1n) is 4.44. The molecule has 1 N–H and O–H groups in total. The van der Waals surface area contributed by atoms with Crippen molar-refractivity contribution in [3.05, 3.63) is 18.1 Å². The Labute approximate surface area is 81.7 Å². The highest BCUT2D eigenvalue weighted by Crippen LogP contribution is 2.14. The topological polar surface area (TPSA) is 70.8 Å². The zero-order chi connectivity index (χ0) is 9.80. The number of aromatic nitrogens is 2. The van der Waals surface area contributed by atoms with E-state index in [1.807, 2.05) is 6.07 Å². The van der Waals surface area contributed by atoms with E-state index in [0.717, 1.165) is 13.0 Å². The first kappa shape index (κ1) is 8.91. The Bertz CT molecular complexity index is 354. The molecule has 0 aromatic carbocycles. The van der Waals surface area contributed by atoms with Gasteiger partial charge in [0.1, 0.15) is 23.8 Å². The highest BCUT2D eigenvalue weighted by molar-refractivity contribution is 5.50. The number of nitrogens with zero attached hydrogens (tertiary/aromatic N) is 3. The summed E-state index contributed by atoms with van der Waals surface area (Å²) in [5.74, 6) is 0.595. The lowest BCUT2D eigenvalue weighted by Gasteiger charge is -2.11. The van der Waals surface area contributed by atoms with Gasteiger partial charge in [-0.15, -0.1) is 0 Å². The fourth-order valence-corrected chi connectivity index (χ4v) is 1.37. The highest BCUT2D eigenvalue weighted by atomic mass is 16.5. The molecule has 0 amide bonds. The van der Waals surface area contributed by atoms with Gasteiger partial charge in [-0.05, 0) is 6.42 Å². The number of nitrogens with one attached hydrogen (secondary N) is 1. The number of nitriles is 1. The van der Waals surface area contributed by atoms with Gasteiger partial charge in [0.2, 0.25) is 0 Å². The van der Waals surface area contributed by atoms with Crippen molar-refractivity contribution in [2.45, 2.75) is 12.5 Å². The Morgan fingerprint density at radius 2 is 2.57 bits per heavy atom. The second-order valence-electron chi connectivity index (χ2n) is 3.10. The second-order valence-corrected chi connectivity index (χ2v) is 3.10. The molecule has 1 aliphatic rings. The van der Waals surface area contributed by atoms with Gasteiger partial charge in [-0.1, -0.05) is 0 Å². The average Bonchev–Trinajstić information content (AvgIpc) is 2.71. The number of hydrogen-bond donors (Lipinski definition) is 1. The zero-order valence-corrected chi connectivity index (χ0v) is 7.60. The molecule has 5 heteroatoms. The summed E-state index contributed by atoms with van der Waals surface area (Å²) < 4.78 is 5.21. The van der Waals surface area contributed by atoms with Crippen LogP contribution in [0.1, 0.15) is 12.0 Å². The molecule has 1 unspecified atom stereocenters. The van der Waals surface area contributed by atoms with Gasteiger partial charge in [0.05, 0.1) is 18.8 Å². The molecule has 72 valence electrons. The van der Waals surface area contributed by atoms with E-state index in [1.54, 1.807) is 0 Å². The smallest absolute Gasteiger partial charge is 0.147 e. The Morgan fingerprint density at radius 3 is 3.29 bits per heavy atom. The molecule has 14 heavy (non-hydrogen) atoms. The second kappa shape index (κ2) is 4.03. The molecule has 1 aromatic heterocycles. The molecule has 1 aromatic rings. The summed E-state index contributed by atoms with van der Waals surface area (Å²) in [5, 5.41) is 12.0. The minimum atomic E-state index is 0.261. The molecule has 0 spiro atoms. The summed E-state index contributed by atoms with van der Waals surface area (Å²) in [6.07, 6.45) is 3.89. The summed E-state index contributed by atoms with van der Waals surface area (Å²) >= 11 is 0. The Hall–Kier alpha value is -1.67. The van der Waals surface area contributed by atoms with E-state index >= 15 is 0 Å². The normalized spacial score (nSPS) is 20.4. The fraction of sp³-hybridized carbons (Fsp3) is 0.444. The molecule has 1 saturated heterocycles. The highest BCUT2D eigenvalue weighted by Gasteiger charge is 2.16. The molecule has 2 rings (SSSR count). The predicted octanol–water partition coefficient (Wildman–Crippen LogP) is 0.549. The van der Waals surface area contributed by atoms with Crippen LogP contribution in [0.5, 0.6) is 0 Å². The first-order valence-corrected chi connectivity index (χ1v) is 4.44. The predicted molar refractivity (Wildman–Crippen MR) is 49.6 cm³/mol. The van der Waals surface area contributed by atoms with Gasteiger partial charge in [-0.2, -0.15) is 5.26 Å². The lowest BCUT2D eigenvalue weighted by Crippen LogP contribution is -2.20. The Kier molecular flexibility index (Phi) is 2.56. The minimum absolute atomic E-state index is 0.261. The Balaban J connectivity index is 2.11. The third kappa shape index (κ3) is 1.80. The van der Waals surface area contributed by atoms with Crippen molar-refractivity contribution in [2.75, 3.05) is 18.5 Å². The first-order chi connectivity index (χ1) is 6.90. The third-order valence-corrected chi connectivity index (χ3v) is 2.10. The van der Waals surface area contributed by atoms with Gasteiger partial charge < -0.3 is 10.1 Å². The van der Waals surface area contributed by atoms with E-state index in [-0.39, 0.29) is 6.04 Å². The Morgan fingerprint density at radius 1 is 1.64 bits per heavy atom. The number of anilines is 1. The molecule has 0 bridgehead atoms. The van der Waals surface area contributed by atoms with Gasteiger partial charge in [-0.25, -0.2) is 9.97 Å². The fourth-order valence-electron chi connectivity index (χ4n) is 1.37. The van der Waals surface area contributed by atoms with Gasteiger partial charge in [0, 0.05) is 6.61 Å². The van der Waals surface area contributed by atoms with E-state index in [4.69, 9.17) is 10.00 Å². The molecule has 0 radical (unpaired) electrons. The monoisotopic (exact) mass is 190 g/mol. The van der Waals surface area contributed by atoms with Crippen molar-refractivity contribution in [3.8, 4) is 6.07 Å². The van der Waals surface area contributed by atoms with Crippen LogP contribution in [-0.2, 0) is 4.74 Å². The van der Waals surface area contributed by atoms with Crippen LogP contribution in [0, 0.1) is 11.3 Å². The summed E-state index contributed by atoms with van der Waals surface area (Å²) in [6.45, 7) is 1.44. The molecular formula is C9H10N4O. The maximum absolute atomic E-state index is 8.79. The molecular weight excluding hydrogens is 180 g/mol. The van der Waals surface area contributed by atoms with Crippen LogP contribution in [0.4, 0.5) is 5.82 Å². The van der Waals surface area contributed by atoms with Gasteiger partial charge in [0.25, 0.3) is 0 Å². The van der Waals surface area contributed by atoms with Crippen LogP contribution in [-0.4, -0.2) is 29.2 Å². The summed E-state index contributed by atoms with van der Waals surface area (Å²) in [7, 11) is 0. The van der Waals surface area contributed by atoms with E-state index in [9.17, 15) is 0 Å². The minimum Gasteiger partial charge on any atom is -0.379 e. The van der Waals surface area contributed by atoms with E-state index in [0.29, 0.717) is 18.0 Å². The number of rotatable bonds is 2. The lowest BCUT2D eigenvalue weighted by atomic mass is 10.2. The van der Waals surface area contributed by atoms with Crippen molar-refractivity contribution < 1.29 is 4.74 Å². The average molecular weight is 190 g/mol. The van der Waals surface area contributed by atoms with Crippen molar-refractivity contribution in [2.24, 2.45) is 0 Å². The quantitative estimate of drug-likeness (QED) is 0.737. The summed E-state index contributed by atoms with van der Waals surface area (Å²) in [4.78, 5) is 7.80. The summed E-state index contributed by atoms with van der Waals surface area (Å²) in [5.41, 5.74) is 0.472. The van der Waals surface area contributed by atoms with E-state index in [1.165, 1.54) is 12.5 Å². The maximum atomic E-state index is 8.79. The number of ether oxygens (including phenoxy) is 1. The van der Waals surface area contributed by atoms with Crippen LogP contribution in [0.2, 0.25) is 0 Å². The van der Waals surface area contributed by atoms with Crippen molar-refractivity contribution in [1.29, 1.82) is 5.26 Å². The molecule has 0 aliphatic carbocycles. The standard InChI is InChI=1S/C9H10N4O/c10-3-7-4-11-6-12-9(7)13-8-1-2-14-5-8/h4,6,8H,1-2,5H2,(H,11,12,13). The van der Waals surface area contributed by atoms with Gasteiger partial charge >= 0.3 is 0 Å². The molecule has 0 saturated carbocycles. The van der Waals surface area contributed by atoms with Crippen LogP contribution in [0.3, 0.4) is 0 Å². The van der Waals surface area contributed by atoms with Crippen LogP contribution in [0.25, 0.3) is 0 Å². The van der Waals surface area contributed by atoms with E-state index < -0.39 is 0 Å². The summed E-state index contributed by atoms with van der Waals surface area (Å²) in [6, 6.07) is 2.30. The van der Waals surface area contributed by atoms with Gasteiger partial charge in [0.15, 0.2) is 0 Å². The van der Waals surface area contributed by atoms with Crippen LogP contribution in [0.15, 0.2) is 12.5 Å². The van der Waals surface area contributed by atoms with Crippen molar-refractivity contribution in [1.82, 2.24) is 9.97 Å². The van der Waals surface area contributed by atoms with E-state index in [2.05, 4.69) is 15.3 Å².